The van der Waals surface area contributed by atoms with Gasteiger partial charge in [0.25, 0.3) is 0 Å². The minimum absolute atomic E-state index is 0.101. The molecule has 0 spiro atoms. The lowest BCUT2D eigenvalue weighted by atomic mass is 10.1. The number of ether oxygens (including phenoxy) is 1. The van der Waals surface area contributed by atoms with Gasteiger partial charge in [0.15, 0.2) is 0 Å². The third-order valence-electron chi connectivity index (χ3n) is 3.43. The lowest BCUT2D eigenvalue weighted by Crippen LogP contribution is -2.21. The van der Waals surface area contributed by atoms with Crippen LogP contribution >= 0.6 is 11.8 Å². The zero-order valence-electron chi connectivity index (χ0n) is 12.2. The van der Waals surface area contributed by atoms with Crippen molar-refractivity contribution in [2.24, 2.45) is 0 Å². The number of nitrogens with one attached hydrogen (secondary N) is 1. The maximum Gasteiger partial charge on any atom is 0.340 e. The van der Waals surface area contributed by atoms with Crippen LogP contribution in [0, 0.1) is 5.82 Å². The number of benzene rings is 1. The minimum atomic E-state index is -0.523. The van der Waals surface area contributed by atoms with Gasteiger partial charge in [0.2, 0.25) is 0 Å². The van der Waals surface area contributed by atoms with E-state index in [-0.39, 0.29) is 17.9 Å². The van der Waals surface area contributed by atoms with Gasteiger partial charge in [0.1, 0.15) is 5.82 Å². The van der Waals surface area contributed by atoms with Crippen molar-refractivity contribution in [3.63, 3.8) is 0 Å². The number of esters is 1. The summed E-state index contributed by atoms with van der Waals surface area (Å²) in [5, 5.41) is 3.58. The normalized spacial score (nSPS) is 18.3. The first-order valence-electron chi connectivity index (χ1n) is 7.23. The highest BCUT2D eigenvalue weighted by molar-refractivity contribution is 7.99. The molecule has 1 fully saturated rings. The third kappa shape index (κ3) is 4.27. The van der Waals surface area contributed by atoms with Crippen molar-refractivity contribution in [2.45, 2.75) is 31.4 Å². The summed E-state index contributed by atoms with van der Waals surface area (Å²) in [6.45, 7) is 2.67. The SMILES string of the molecule is CCOC(=O)c1cc(NCC2CCCCS2)c(F)cc1N. The second-order valence-corrected chi connectivity index (χ2v) is 6.42. The average Bonchev–Trinajstić information content (AvgIpc) is 2.47. The van der Waals surface area contributed by atoms with Crippen molar-refractivity contribution in [1.82, 2.24) is 0 Å². The van der Waals surface area contributed by atoms with Gasteiger partial charge in [-0.2, -0.15) is 11.8 Å². The van der Waals surface area contributed by atoms with E-state index in [9.17, 15) is 9.18 Å². The van der Waals surface area contributed by atoms with Crippen molar-refractivity contribution in [2.75, 3.05) is 30.0 Å². The maximum atomic E-state index is 13.9. The van der Waals surface area contributed by atoms with Crippen molar-refractivity contribution in [1.29, 1.82) is 0 Å². The number of thioether (sulfide) groups is 1. The molecular weight excluding hydrogens is 291 g/mol. The highest BCUT2D eigenvalue weighted by Gasteiger charge is 2.17. The van der Waals surface area contributed by atoms with Crippen LogP contribution in [0.15, 0.2) is 12.1 Å². The lowest BCUT2D eigenvalue weighted by Gasteiger charge is -2.22. The number of carbonyl (C=O) groups excluding carboxylic acids is 1. The molecule has 3 N–H and O–H groups in total. The number of hydrogen-bond donors (Lipinski definition) is 2. The second-order valence-electron chi connectivity index (χ2n) is 5.01. The van der Waals surface area contributed by atoms with E-state index in [1.807, 2.05) is 11.8 Å². The molecule has 116 valence electrons. The van der Waals surface area contributed by atoms with Gasteiger partial charge in [0, 0.05) is 17.5 Å². The molecule has 0 radical (unpaired) electrons. The number of nitrogens with two attached hydrogens (primary N) is 1. The Morgan fingerprint density at radius 2 is 2.33 bits per heavy atom. The fourth-order valence-corrected chi connectivity index (χ4v) is 3.54. The zero-order valence-corrected chi connectivity index (χ0v) is 13.0. The summed E-state index contributed by atoms with van der Waals surface area (Å²) in [6.07, 6.45) is 3.61. The topological polar surface area (TPSA) is 64.3 Å². The Balaban J connectivity index is 2.07. The Morgan fingerprint density at radius 1 is 1.52 bits per heavy atom. The maximum absolute atomic E-state index is 13.9. The average molecular weight is 312 g/mol. The number of carbonyl (C=O) groups is 1. The number of hydrogen-bond acceptors (Lipinski definition) is 5. The van der Waals surface area contributed by atoms with E-state index >= 15 is 0 Å². The summed E-state index contributed by atoms with van der Waals surface area (Å²) in [5.41, 5.74) is 6.30. The molecule has 1 heterocycles. The molecule has 1 unspecified atom stereocenters. The highest BCUT2D eigenvalue weighted by atomic mass is 32.2. The first-order chi connectivity index (χ1) is 10.1. The Morgan fingerprint density at radius 3 is 3.00 bits per heavy atom. The molecule has 0 saturated carbocycles. The fraction of sp³-hybridized carbons (Fsp3) is 0.533. The first kappa shape index (κ1) is 15.9. The molecule has 1 aliphatic rings. The largest absolute Gasteiger partial charge is 0.462 e. The predicted molar refractivity (Wildman–Crippen MR) is 85.4 cm³/mol. The fourth-order valence-electron chi connectivity index (χ4n) is 2.30. The molecular formula is C15H21FN2O2S. The van der Waals surface area contributed by atoms with Gasteiger partial charge in [-0.15, -0.1) is 0 Å². The monoisotopic (exact) mass is 312 g/mol. The van der Waals surface area contributed by atoms with Gasteiger partial charge in [0.05, 0.1) is 17.9 Å². The predicted octanol–water partition coefficient (Wildman–Crippen LogP) is 3.28. The van der Waals surface area contributed by atoms with Crippen molar-refractivity contribution >= 4 is 29.1 Å². The molecule has 1 aliphatic heterocycles. The molecule has 0 amide bonds. The Hall–Kier alpha value is -1.43. The molecule has 0 bridgehead atoms. The van der Waals surface area contributed by atoms with E-state index in [4.69, 9.17) is 10.5 Å². The lowest BCUT2D eigenvalue weighted by molar-refractivity contribution is 0.0527. The van der Waals surface area contributed by atoms with Gasteiger partial charge in [-0.05, 0) is 37.7 Å². The summed E-state index contributed by atoms with van der Waals surface area (Å²) in [6, 6.07) is 2.61. The third-order valence-corrected chi connectivity index (χ3v) is 4.83. The van der Waals surface area contributed by atoms with E-state index < -0.39 is 11.8 Å². The molecule has 1 aromatic carbocycles. The molecule has 1 aromatic rings. The molecule has 0 aliphatic carbocycles. The number of rotatable bonds is 5. The van der Waals surface area contributed by atoms with Crippen molar-refractivity contribution < 1.29 is 13.9 Å². The van der Waals surface area contributed by atoms with Gasteiger partial charge in [-0.3, -0.25) is 0 Å². The quantitative estimate of drug-likeness (QED) is 0.645. The van der Waals surface area contributed by atoms with E-state index in [1.54, 1.807) is 6.92 Å². The van der Waals surface area contributed by atoms with E-state index in [0.717, 1.165) is 12.2 Å². The van der Waals surface area contributed by atoms with Crippen LogP contribution in [0.4, 0.5) is 15.8 Å². The summed E-state index contributed by atoms with van der Waals surface area (Å²) in [4.78, 5) is 11.8. The van der Waals surface area contributed by atoms with Gasteiger partial charge >= 0.3 is 5.97 Å². The van der Waals surface area contributed by atoms with Crippen LogP contribution in [0.3, 0.4) is 0 Å². The van der Waals surface area contributed by atoms with Crippen LogP contribution in [-0.2, 0) is 4.74 Å². The zero-order chi connectivity index (χ0) is 15.2. The summed E-state index contributed by atoms with van der Waals surface area (Å²) in [5.74, 6) is 0.191. The van der Waals surface area contributed by atoms with Crippen LogP contribution in [0.25, 0.3) is 0 Å². The molecule has 1 saturated heterocycles. The Labute approximate surface area is 128 Å². The Bertz CT molecular complexity index is 505. The molecule has 0 aromatic heterocycles. The van der Waals surface area contributed by atoms with Crippen LogP contribution < -0.4 is 11.1 Å². The summed E-state index contributed by atoms with van der Waals surface area (Å²) < 4.78 is 18.9. The van der Waals surface area contributed by atoms with Crippen LogP contribution in [0.1, 0.15) is 36.5 Å². The minimum Gasteiger partial charge on any atom is -0.462 e. The van der Waals surface area contributed by atoms with E-state index in [1.165, 1.54) is 25.0 Å². The van der Waals surface area contributed by atoms with Crippen LogP contribution in [-0.4, -0.2) is 30.1 Å². The van der Waals surface area contributed by atoms with Gasteiger partial charge in [-0.25, -0.2) is 9.18 Å². The molecule has 6 heteroatoms. The molecule has 4 nitrogen and oxygen atoms in total. The van der Waals surface area contributed by atoms with Crippen molar-refractivity contribution in [3.05, 3.63) is 23.5 Å². The van der Waals surface area contributed by atoms with E-state index in [2.05, 4.69) is 5.32 Å². The Kier molecular flexibility index (Phi) is 5.73. The smallest absolute Gasteiger partial charge is 0.340 e. The van der Waals surface area contributed by atoms with E-state index in [0.29, 0.717) is 17.5 Å². The first-order valence-corrected chi connectivity index (χ1v) is 8.28. The van der Waals surface area contributed by atoms with Crippen molar-refractivity contribution in [3.8, 4) is 0 Å². The standard InChI is InChI=1S/C15H21FN2O2S/c1-2-20-15(19)11-7-14(12(16)8-13(11)17)18-9-10-5-3-4-6-21-10/h7-8,10,18H,2-6,9,17H2,1H3. The number of halogens is 1. The van der Waals surface area contributed by atoms with Crippen LogP contribution in [0.2, 0.25) is 0 Å². The second kappa shape index (κ2) is 7.54. The molecule has 2 rings (SSSR count). The van der Waals surface area contributed by atoms with Crippen LogP contribution in [0.5, 0.6) is 0 Å². The number of nitrogen functional groups attached to an aromatic ring is 1. The van der Waals surface area contributed by atoms with Gasteiger partial charge in [-0.1, -0.05) is 6.42 Å². The summed E-state index contributed by atoms with van der Waals surface area (Å²) >= 11 is 1.91. The molecule has 21 heavy (non-hydrogen) atoms. The highest BCUT2D eigenvalue weighted by Crippen LogP contribution is 2.27. The van der Waals surface area contributed by atoms with Gasteiger partial charge < -0.3 is 15.8 Å². The molecule has 1 atom stereocenters. The summed E-state index contributed by atoms with van der Waals surface area (Å²) in [7, 11) is 0. The number of anilines is 2.